The van der Waals surface area contributed by atoms with Gasteiger partial charge in [0.25, 0.3) is 11.7 Å². The molecule has 3 aromatic rings. The van der Waals surface area contributed by atoms with E-state index in [-0.39, 0.29) is 11.3 Å². The second kappa shape index (κ2) is 10.2. The van der Waals surface area contributed by atoms with Gasteiger partial charge in [-0.25, -0.2) is 4.98 Å². The van der Waals surface area contributed by atoms with Crippen molar-refractivity contribution < 1.29 is 19.4 Å². The number of likely N-dealkylation sites (tertiary alicyclic amines) is 1. The first-order valence-electron chi connectivity index (χ1n) is 11.1. The predicted octanol–water partition coefficient (Wildman–Crippen LogP) is 4.18. The molecule has 0 aliphatic carbocycles. The number of aromatic nitrogens is 2. The van der Waals surface area contributed by atoms with Gasteiger partial charge in [-0.3, -0.25) is 9.59 Å². The fourth-order valence-electron chi connectivity index (χ4n) is 4.02. The standard InChI is InChI=1S/C26H27N3O4/c1-2-17-33-21-11-9-19(10-12-21)23-22(24(30)20-7-4-3-5-8-20)25(31)26(32)29(23)15-6-14-28-16-13-27-18-28/h3-5,7-13,16,18,23,30H,2,6,14-15,17H2,1H3/t23-/m0/s1. The third-order valence-electron chi connectivity index (χ3n) is 5.63. The average Bonchev–Trinajstić information content (AvgIpc) is 3.45. The van der Waals surface area contributed by atoms with E-state index in [1.807, 2.05) is 48.0 Å². The van der Waals surface area contributed by atoms with Crippen LogP contribution in [0.25, 0.3) is 5.76 Å². The lowest BCUT2D eigenvalue weighted by Crippen LogP contribution is -2.31. The number of carbonyl (C=O) groups is 2. The molecular weight excluding hydrogens is 418 g/mol. The summed E-state index contributed by atoms with van der Waals surface area (Å²) in [5, 5.41) is 11.0. The third-order valence-corrected chi connectivity index (χ3v) is 5.63. The van der Waals surface area contributed by atoms with Gasteiger partial charge in [0.05, 0.1) is 24.5 Å². The minimum Gasteiger partial charge on any atom is -0.507 e. The minimum absolute atomic E-state index is 0.107. The van der Waals surface area contributed by atoms with Gasteiger partial charge >= 0.3 is 0 Å². The van der Waals surface area contributed by atoms with Crippen molar-refractivity contribution in [1.82, 2.24) is 14.5 Å². The molecule has 33 heavy (non-hydrogen) atoms. The van der Waals surface area contributed by atoms with E-state index in [4.69, 9.17) is 4.74 Å². The Kier molecular flexibility index (Phi) is 6.88. The van der Waals surface area contributed by atoms with E-state index in [0.717, 1.165) is 17.7 Å². The molecule has 1 aliphatic rings. The molecule has 0 radical (unpaired) electrons. The molecule has 0 unspecified atom stereocenters. The van der Waals surface area contributed by atoms with Crippen LogP contribution in [0.3, 0.4) is 0 Å². The van der Waals surface area contributed by atoms with E-state index in [1.165, 1.54) is 0 Å². The van der Waals surface area contributed by atoms with E-state index in [2.05, 4.69) is 4.98 Å². The molecule has 2 heterocycles. The minimum atomic E-state index is -0.673. The summed E-state index contributed by atoms with van der Waals surface area (Å²) in [7, 11) is 0. The van der Waals surface area contributed by atoms with Crippen molar-refractivity contribution in [2.45, 2.75) is 32.4 Å². The quantitative estimate of drug-likeness (QED) is 0.303. The zero-order chi connectivity index (χ0) is 23.2. The van der Waals surface area contributed by atoms with E-state index >= 15 is 0 Å². The number of aryl methyl sites for hydroxylation is 1. The number of rotatable bonds is 9. The Balaban J connectivity index is 1.68. The van der Waals surface area contributed by atoms with Gasteiger partial charge in [0.15, 0.2) is 0 Å². The lowest BCUT2D eigenvalue weighted by atomic mass is 9.95. The summed E-state index contributed by atoms with van der Waals surface area (Å²) in [6, 6.07) is 15.5. The van der Waals surface area contributed by atoms with E-state index in [0.29, 0.717) is 31.7 Å². The number of carbonyl (C=O) groups excluding carboxylic acids is 2. The van der Waals surface area contributed by atoms with Crippen LogP contribution >= 0.6 is 0 Å². The number of nitrogens with zero attached hydrogens (tertiary/aromatic N) is 3. The number of ether oxygens (including phenoxy) is 1. The average molecular weight is 446 g/mol. The Hall–Kier alpha value is -3.87. The van der Waals surface area contributed by atoms with Crippen LogP contribution in [-0.4, -0.2) is 44.4 Å². The highest BCUT2D eigenvalue weighted by atomic mass is 16.5. The maximum atomic E-state index is 13.1. The number of amides is 1. The largest absolute Gasteiger partial charge is 0.507 e. The Morgan fingerprint density at radius 1 is 1.06 bits per heavy atom. The first kappa shape index (κ1) is 22.3. The molecule has 0 bridgehead atoms. The smallest absolute Gasteiger partial charge is 0.295 e. The maximum absolute atomic E-state index is 13.1. The molecule has 1 aliphatic heterocycles. The number of imidazole rings is 1. The molecule has 1 aromatic heterocycles. The molecular formula is C26H27N3O4. The Morgan fingerprint density at radius 3 is 2.48 bits per heavy atom. The molecule has 1 fully saturated rings. The van der Waals surface area contributed by atoms with Crippen LogP contribution in [-0.2, 0) is 16.1 Å². The summed E-state index contributed by atoms with van der Waals surface area (Å²) >= 11 is 0. The van der Waals surface area contributed by atoms with E-state index < -0.39 is 17.7 Å². The number of aliphatic hydroxyl groups excluding tert-OH is 1. The van der Waals surface area contributed by atoms with Crippen molar-refractivity contribution in [3.05, 3.63) is 90.0 Å². The fraction of sp³-hybridized carbons (Fsp3) is 0.269. The van der Waals surface area contributed by atoms with Crippen LogP contribution in [0.5, 0.6) is 5.75 Å². The molecule has 1 atom stereocenters. The molecule has 7 nitrogen and oxygen atoms in total. The van der Waals surface area contributed by atoms with Crippen molar-refractivity contribution in [2.75, 3.05) is 13.2 Å². The molecule has 0 spiro atoms. The van der Waals surface area contributed by atoms with Gasteiger partial charge < -0.3 is 19.3 Å². The van der Waals surface area contributed by atoms with E-state index in [9.17, 15) is 14.7 Å². The summed E-state index contributed by atoms with van der Waals surface area (Å²) in [6.07, 6.45) is 6.82. The second-order valence-electron chi connectivity index (χ2n) is 7.93. The van der Waals surface area contributed by atoms with Gasteiger partial charge in [-0.2, -0.15) is 0 Å². The monoisotopic (exact) mass is 445 g/mol. The van der Waals surface area contributed by atoms with Crippen LogP contribution in [0.2, 0.25) is 0 Å². The van der Waals surface area contributed by atoms with Crippen LogP contribution in [0.15, 0.2) is 78.9 Å². The summed E-state index contributed by atoms with van der Waals surface area (Å²) in [5.74, 6) is -0.715. The van der Waals surface area contributed by atoms with Gasteiger partial charge in [0.2, 0.25) is 0 Å². The summed E-state index contributed by atoms with van der Waals surface area (Å²) in [4.78, 5) is 31.7. The van der Waals surface area contributed by atoms with Crippen molar-refractivity contribution in [2.24, 2.45) is 0 Å². The van der Waals surface area contributed by atoms with Crippen LogP contribution in [0, 0.1) is 0 Å². The molecule has 170 valence electrons. The first-order chi connectivity index (χ1) is 16.1. The molecule has 0 saturated carbocycles. The lowest BCUT2D eigenvalue weighted by Gasteiger charge is -2.25. The fourth-order valence-corrected chi connectivity index (χ4v) is 4.02. The van der Waals surface area contributed by atoms with Crippen LogP contribution in [0.1, 0.15) is 36.9 Å². The number of Topliss-reactive ketones (excluding diaryl/α,β-unsaturated/α-hetero) is 1. The SMILES string of the molecule is CCCOc1ccc([C@H]2C(=C(O)c3ccccc3)C(=O)C(=O)N2CCCn2ccnc2)cc1. The zero-order valence-corrected chi connectivity index (χ0v) is 18.6. The topological polar surface area (TPSA) is 84.7 Å². The third kappa shape index (κ3) is 4.82. The van der Waals surface area contributed by atoms with Gasteiger partial charge in [-0.15, -0.1) is 0 Å². The van der Waals surface area contributed by atoms with E-state index in [1.54, 1.807) is 41.7 Å². The maximum Gasteiger partial charge on any atom is 0.295 e. The number of hydrogen-bond donors (Lipinski definition) is 1. The van der Waals surface area contributed by atoms with Gasteiger partial charge in [0, 0.05) is 31.0 Å². The van der Waals surface area contributed by atoms with Crippen molar-refractivity contribution in [3.63, 3.8) is 0 Å². The molecule has 2 aromatic carbocycles. The summed E-state index contributed by atoms with van der Waals surface area (Å²) < 4.78 is 7.60. The van der Waals surface area contributed by atoms with Crippen LogP contribution < -0.4 is 4.74 Å². The van der Waals surface area contributed by atoms with Gasteiger partial charge in [-0.05, 0) is 30.5 Å². The normalized spacial score (nSPS) is 17.5. The highest BCUT2D eigenvalue weighted by Crippen LogP contribution is 2.39. The Labute approximate surface area is 192 Å². The highest BCUT2D eigenvalue weighted by molar-refractivity contribution is 6.46. The number of ketones is 1. The van der Waals surface area contributed by atoms with Gasteiger partial charge in [0.1, 0.15) is 11.5 Å². The molecule has 4 rings (SSSR count). The summed E-state index contributed by atoms with van der Waals surface area (Å²) in [5.41, 5.74) is 1.36. The molecule has 1 N–H and O–H groups in total. The van der Waals surface area contributed by atoms with Crippen molar-refractivity contribution in [1.29, 1.82) is 0 Å². The Morgan fingerprint density at radius 2 is 1.82 bits per heavy atom. The highest BCUT2D eigenvalue weighted by Gasteiger charge is 2.45. The van der Waals surface area contributed by atoms with Crippen LogP contribution in [0.4, 0.5) is 0 Å². The van der Waals surface area contributed by atoms with Gasteiger partial charge in [-0.1, -0.05) is 49.4 Å². The predicted molar refractivity (Wildman–Crippen MR) is 125 cm³/mol. The first-order valence-corrected chi connectivity index (χ1v) is 11.1. The lowest BCUT2D eigenvalue weighted by molar-refractivity contribution is -0.139. The number of benzene rings is 2. The summed E-state index contributed by atoms with van der Waals surface area (Å²) in [6.45, 7) is 3.68. The molecule has 1 saturated heterocycles. The second-order valence-corrected chi connectivity index (χ2v) is 7.93. The molecule has 1 amide bonds. The van der Waals surface area contributed by atoms with Crippen molar-refractivity contribution in [3.8, 4) is 5.75 Å². The molecule has 7 heteroatoms. The number of aliphatic hydroxyl groups is 1. The zero-order valence-electron chi connectivity index (χ0n) is 18.6. The number of hydrogen-bond acceptors (Lipinski definition) is 5. The Bertz CT molecular complexity index is 1120. The van der Waals surface area contributed by atoms with Crippen molar-refractivity contribution >= 4 is 17.4 Å².